The van der Waals surface area contributed by atoms with E-state index in [4.69, 9.17) is 17.0 Å². The van der Waals surface area contributed by atoms with Gasteiger partial charge < -0.3 is 10.1 Å². The second-order valence-electron chi connectivity index (χ2n) is 4.69. The number of nitrogens with one attached hydrogen (secondary N) is 1. The van der Waals surface area contributed by atoms with E-state index >= 15 is 0 Å². The highest BCUT2D eigenvalue weighted by Gasteiger charge is 2.09. The van der Waals surface area contributed by atoms with Crippen LogP contribution in [0.4, 0.5) is 0 Å². The fraction of sp³-hybridized carbons (Fsp3) is 0.667. The van der Waals surface area contributed by atoms with Gasteiger partial charge in [0, 0.05) is 6.92 Å². The number of ether oxygens (including phenoxy) is 1. The standard InChI is InChI=1S/C15H25NO3S/c1-4-5-6-7-8-12(2)14(18)11-15(20)19-10-9-16-13(3)17/h8H,4-7,9-11H2,1-3H3,(H,16,17)/b12-8+. The van der Waals surface area contributed by atoms with Crippen LogP contribution in [0.2, 0.25) is 0 Å². The van der Waals surface area contributed by atoms with Crippen LogP contribution in [0.15, 0.2) is 11.6 Å². The van der Waals surface area contributed by atoms with Gasteiger partial charge in [0.15, 0.2) is 10.8 Å². The zero-order chi connectivity index (χ0) is 15.4. The molecule has 0 spiro atoms. The van der Waals surface area contributed by atoms with Gasteiger partial charge in [0.1, 0.15) is 6.61 Å². The summed E-state index contributed by atoms with van der Waals surface area (Å²) in [5, 5.41) is 2.88. The first-order valence-electron chi connectivity index (χ1n) is 7.07. The van der Waals surface area contributed by atoms with E-state index in [2.05, 4.69) is 12.2 Å². The maximum Gasteiger partial charge on any atom is 0.216 e. The highest BCUT2D eigenvalue weighted by atomic mass is 32.1. The topological polar surface area (TPSA) is 55.4 Å². The largest absolute Gasteiger partial charge is 0.485 e. The third-order valence-corrected chi connectivity index (χ3v) is 3.00. The molecule has 4 nitrogen and oxygen atoms in total. The minimum atomic E-state index is -0.110. The Labute approximate surface area is 127 Å². The molecule has 0 aliphatic heterocycles. The number of unbranched alkanes of at least 4 members (excludes halogenated alkanes) is 3. The zero-order valence-corrected chi connectivity index (χ0v) is 13.5. The van der Waals surface area contributed by atoms with Crippen molar-refractivity contribution in [2.45, 2.75) is 52.9 Å². The molecule has 0 aromatic carbocycles. The number of thiocarbonyl (C=S) groups is 1. The molecule has 0 aromatic heterocycles. The van der Waals surface area contributed by atoms with E-state index in [1.165, 1.54) is 19.8 Å². The van der Waals surface area contributed by atoms with Crippen LogP contribution in [-0.2, 0) is 14.3 Å². The minimum absolute atomic E-state index is 0.00558. The molecule has 0 atom stereocenters. The van der Waals surface area contributed by atoms with Crippen molar-refractivity contribution < 1.29 is 14.3 Å². The number of ketones is 1. The van der Waals surface area contributed by atoms with E-state index in [1.54, 1.807) is 0 Å². The molecule has 0 unspecified atom stereocenters. The van der Waals surface area contributed by atoms with Gasteiger partial charge >= 0.3 is 0 Å². The van der Waals surface area contributed by atoms with Crippen LogP contribution in [0.5, 0.6) is 0 Å². The van der Waals surface area contributed by atoms with Gasteiger partial charge in [-0.3, -0.25) is 9.59 Å². The second-order valence-corrected chi connectivity index (χ2v) is 5.14. The van der Waals surface area contributed by atoms with E-state index in [0.29, 0.717) is 13.2 Å². The maximum atomic E-state index is 11.9. The molecular weight excluding hydrogens is 274 g/mol. The summed E-state index contributed by atoms with van der Waals surface area (Å²) in [5.41, 5.74) is 0.744. The van der Waals surface area contributed by atoms with Gasteiger partial charge in [0.2, 0.25) is 5.91 Å². The highest BCUT2D eigenvalue weighted by Crippen LogP contribution is 2.07. The fourth-order valence-corrected chi connectivity index (χ4v) is 1.75. The molecule has 0 saturated heterocycles. The third kappa shape index (κ3) is 10.7. The lowest BCUT2D eigenvalue weighted by molar-refractivity contribution is -0.119. The number of amides is 1. The highest BCUT2D eigenvalue weighted by molar-refractivity contribution is 7.80. The van der Waals surface area contributed by atoms with E-state index in [9.17, 15) is 9.59 Å². The van der Waals surface area contributed by atoms with Crippen molar-refractivity contribution in [3.8, 4) is 0 Å². The normalized spacial score (nSPS) is 11.1. The molecule has 0 bridgehead atoms. The number of hydrogen-bond donors (Lipinski definition) is 1. The van der Waals surface area contributed by atoms with Crippen LogP contribution in [0.1, 0.15) is 52.9 Å². The molecule has 0 saturated carbocycles. The quantitative estimate of drug-likeness (QED) is 0.383. The molecule has 0 rings (SSSR count). The van der Waals surface area contributed by atoms with Gasteiger partial charge in [-0.15, -0.1) is 0 Å². The molecule has 0 fully saturated rings. The number of allylic oxidation sites excluding steroid dienone is 2. The van der Waals surface area contributed by atoms with Crippen molar-refractivity contribution in [3.05, 3.63) is 11.6 Å². The molecule has 0 aliphatic rings. The zero-order valence-electron chi connectivity index (χ0n) is 12.7. The van der Waals surface area contributed by atoms with Crippen molar-refractivity contribution in [1.29, 1.82) is 0 Å². The number of hydrogen-bond acceptors (Lipinski definition) is 4. The summed E-state index contributed by atoms with van der Waals surface area (Å²) < 4.78 is 5.22. The molecule has 0 radical (unpaired) electrons. The molecule has 5 heteroatoms. The molecule has 114 valence electrons. The van der Waals surface area contributed by atoms with Crippen molar-refractivity contribution in [2.75, 3.05) is 13.2 Å². The Bertz CT molecular complexity index is 364. The average Bonchev–Trinajstić information content (AvgIpc) is 2.39. The minimum Gasteiger partial charge on any atom is -0.485 e. The van der Waals surface area contributed by atoms with Gasteiger partial charge in [0.25, 0.3) is 0 Å². The summed E-state index contributed by atoms with van der Waals surface area (Å²) in [6.45, 7) is 6.10. The van der Waals surface area contributed by atoms with Crippen molar-refractivity contribution in [1.82, 2.24) is 5.32 Å². The lowest BCUT2D eigenvalue weighted by atomic mass is 10.1. The number of carbonyl (C=O) groups is 2. The van der Waals surface area contributed by atoms with Gasteiger partial charge in [-0.25, -0.2) is 0 Å². The second kappa shape index (κ2) is 11.6. The lowest BCUT2D eigenvalue weighted by Gasteiger charge is -2.07. The molecule has 20 heavy (non-hydrogen) atoms. The number of rotatable bonds is 10. The van der Waals surface area contributed by atoms with Gasteiger partial charge in [-0.1, -0.05) is 25.8 Å². The monoisotopic (exact) mass is 299 g/mol. The molecule has 0 aromatic rings. The van der Waals surface area contributed by atoms with E-state index in [-0.39, 0.29) is 23.2 Å². The van der Waals surface area contributed by atoms with Gasteiger partial charge in [-0.05, 0) is 37.6 Å². The summed E-state index contributed by atoms with van der Waals surface area (Å²) in [4.78, 5) is 22.5. The molecule has 0 aliphatic carbocycles. The summed E-state index contributed by atoms with van der Waals surface area (Å²) >= 11 is 5.00. The van der Waals surface area contributed by atoms with Gasteiger partial charge in [0.05, 0.1) is 13.0 Å². The fourth-order valence-electron chi connectivity index (χ4n) is 1.54. The smallest absolute Gasteiger partial charge is 0.216 e. The summed E-state index contributed by atoms with van der Waals surface area (Å²) in [6.07, 6.45) is 6.50. The Balaban J connectivity index is 3.87. The van der Waals surface area contributed by atoms with E-state index in [0.717, 1.165) is 18.4 Å². The third-order valence-electron chi connectivity index (χ3n) is 2.74. The summed E-state index contributed by atoms with van der Waals surface area (Å²) in [7, 11) is 0. The first kappa shape index (κ1) is 18.8. The summed E-state index contributed by atoms with van der Waals surface area (Å²) in [6, 6.07) is 0. The first-order valence-corrected chi connectivity index (χ1v) is 7.48. The average molecular weight is 299 g/mol. The van der Waals surface area contributed by atoms with Crippen LogP contribution in [0.25, 0.3) is 0 Å². The van der Waals surface area contributed by atoms with Crippen LogP contribution >= 0.6 is 12.2 Å². The molecular formula is C15H25NO3S. The Morgan fingerprint density at radius 1 is 1.25 bits per heavy atom. The van der Waals surface area contributed by atoms with Crippen LogP contribution in [0.3, 0.4) is 0 Å². The van der Waals surface area contributed by atoms with E-state index in [1.807, 2.05) is 13.0 Å². The number of carbonyl (C=O) groups excluding carboxylic acids is 2. The number of Topliss-reactive ketones (excluding diaryl/α,β-unsaturated/α-hetero) is 1. The Morgan fingerprint density at radius 3 is 2.55 bits per heavy atom. The van der Waals surface area contributed by atoms with Crippen LogP contribution in [-0.4, -0.2) is 29.9 Å². The lowest BCUT2D eigenvalue weighted by Crippen LogP contribution is -2.25. The SMILES string of the molecule is CCCCC/C=C(\C)C(=O)CC(=S)OCCNC(C)=O. The van der Waals surface area contributed by atoms with Crippen molar-refractivity contribution >= 4 is 29.0 Å². The predicted octanol–water partition coefficient (Wildman–Crippen LogP) is 2.95. The van der Waals surface area contributed by atoms with E-state index < -0.39 is 0 Å². The maximum absolute atomic E-state index is 11.9. The van der Waals surface area contributed by atoms with Crippen LogP contribution in [0, 0.1) is 0 Å². The first-order chi connectivity index (χ1) is 9.47. The Hall–Kier alpha value is -1.23. The van der Waals surface area contributed by atoms with Gasteiger partial charge in [-0.2, -0.15) is 0 Å². The van der Waals surface area contributed by atoms with Crippen molar-refractivity contribution in [2.24, 2.45) is 0 Å². The molecule has 0 heterocycles. The molecule has 1 N–H and O–H groups in total. The Morgan fingerprint density at radius 2 is 1.95 bits per heavy atom. The molecule has 1 amide bonds. The van der Waals surface area contributed by atoms with Crippen molar-refractivity contribution in [3.63, 3.8) is 0 Å². The van der Waals surface area contributed by atoms with Crippen LogP contribution < -0.4 is 5.32 Å². The predicted molar refractivity (Wildman–Crippen MR) is 84.8 cm³/mol. The Kier molecular flexibility index (Phi) is 10.9. The summed E-state index contributed by atoms with van der Waals surface area (Å²) in [5.74, 6) is -0.104.